The number of guanidine groups is 1. The van der Waals surface area contributed by atoms with Crippen LogP contribution in [0.15, 0.2) is 48.0 Å². The van der Waals surface area contributed by atoms with Gasteiger partial charge in [0.25, 0.3) is 0 Å². The molecule has 1 aliphatic rings. The van der Waals surface area contributed by atoms with E-state index in [1.807, 2.05) is 29.2 Å². The molecular weight excluding hydrogens is 455 g/mol. The Morgan fingerprint density at radius 2 is 2.04 bits per heavy atom. The topological polar surface area (TPSA) is 66.7 Å². The Labute approximate surface area is 178 Å². The van der Waals surface area contributed by atoms with Gasteiger partial charge in [0.2, 0.25) is 0 Å². The summed E-state index contributed by atoms with van der Waals surface area (Å²) in [7, 11) is 0. The van der Waals surface area contributed by atoms with Crippen molar-refractivity contribution < 1.29 is 4.74 Å². The van der Waals surface area contributed by atoms with Crippen LogP contribution in [0.25, 0.3) is 5.69 Å². The Kier molecular flexibility index (Phi) is 9.57. The minimum Gasteiger partial charge on any atom is -0.379 e. The molecule has 1 fully saturated rings. The third-order valence-corrected chi connectivity index (χ3v) is 4.35. The zero-order valence-electron chi connectivity index (χ0n) is 15.8. The van der Waals surface area contributed by atoms with Crippen LogP contribution in [0.3, 0.4) is 0 Å². The van der Waals surface area contributed by atoms with Gasteiger partial charge in [-0.3, -0.25) is 4.90 Å². The van der Waals surface area contributed by atoms with E-state index in [4.69, 9.17) is 9.73 Å². The lowest BCUT2D eigenvalue weighted by atomic mass is 10.2. The van der Waals surface area contributed by atoms with E-state index in [1.54, 1.807) is 6.20 Å². The summed E-state index contributed by atoms with van der Waals surface area (Å²) in [5.74, 6) is 0.848. The fourth-order valence-electron chi connectivity index (χ4n) is 2.96. The fraction of sp³-hybridized carbons (Fsp3) is 0.474. The highest BCUT2D eigenvalue weighted by Gasteiger charge is 2.10. The number of aromatic nitrogens is 2. The number of hydrogen-bond acceptors (Lipinski definition) is 4. The number of rotatable bonds is 7. The van der Waals surface area contributed by atoms with Crippen molar-refractivity contribution >= 4 is 29.9 Å². The molecule has 0 saturated carbocycles. The monoisotopic (exact) mass is 484 g/mol. The highest BCUT2D eigenvalue weighted by molar-refractivity contribution is 14.0. The van der Waals surface area contributed by atoms with Crippen LogP contribution in [0.5, 0.6) is 0 Å². The van der Waals surface area contributed by atoms with Gasteiger partial charge in [-0.2, -0.15) is 0 Å². The lowest BCUT2D eigenvalue weighted by molar-refractivity contribution is 0.0389. The van der Waals surface area contributed by atoms with Gasteiger partial charge in [-0.15, -0.1) is 24.0 Å². The van der Waals surface area contributed by atoms with Gasteiger partial charge in [0.1, 0.15) is 0 Å². The van der Waals surface area contributed by atoms with Crippen LogP contribution in [-0.2, 0) is 11.3 Å². The van der Waals surface area contributed by atoms with E-state index < -0.39 is 0 Å². The van der Waals surface area contributed by atoms with Gasteiger partial charge in [0.05, 0.1) is 31.8 Å². The minimum atomic E-state index is 0. The van der Waals surface area contributed by atoms with Crippen LogP contribution in [0.1, 0.15) is 12.5 Å². The number of nitrogens with zero attached hydrogens (tertiary/aromatic N) is 4. The first kappa shape index (κ1) is 21.6. The van der Waals surface area contributed by atoms with Crippen molar-refractivity contribution in [3.05, 3.63) is 48.5 Å². The molecule has 1 aromatic carbocycles. The number of hydrogen-bond donors (Lipinski definition) is 2. The number of nitrogens with one attached hydrogen (secondary N) is 2. The SMILES string of the molecule is CCNC(=NCc1ccccc1-n1ccnc1)NCCN1CCOCC1.I. The van der Waals surface area contributed by atoms with Gasteiger partial charge in [-0.05, 0) is 18.6 Å². The lowest BCUT2D eigenvalue weighted by Crippen LogP contribution is -2.44. The standard InChI is InChI=1S/C19H28N6O.HI/c1-2-21-19(22-8-9-24-11-13-26-14-12-24)23-15-17-5-3-4-6-18(17)25-10-7-20-16-25;/h3-7,10,16H,2,8-9,11-15H2,1H3,(H2,21,22,23);1H. The Hall–Kier alpha value is -1.65. The Morgan fingerprint density at radius 3 is 2.78 bits per heavy atom. The molecule has 0 bridgehead atoms. The maximum atomic E-state index is 5.39. The smallest absolute Gasteiger partial charge is 0.191 e. The van der Waals surface area contributed by atoms with Crippen molar-refractivity contribution in [2.24, 2.45) is 4.99 Å². The number of ether oxygens (including phenoxy) is 1. The molecule has 8 heteroatoms. The molecule has 0 unspecified atom stereocenters. The van der Waals surface area contributed by atoms with E-state index in [9.17, 15) is 0 Å². The molecule has 2 heterocycles. The van der Waals surface area contributed by atoms with E-state index in [0.717, 1.165) is 63.1 Å². The average molecular weight is 484 g/mol. The zero-order chi connectivity index (χ0) is 18.0. The molecule has 2 N–H and O–H groups in total. The van der Waals surface area contributed by atoms with Gasteiger partial charge >= 0.3 is 0 Å². The summed E-state index contributed by atoms with van der Waals surface area (Å²) < 4.78 is 7.41. The molecule has 1 aromatic heterocycles. The molecule has 7 nitrogen and oxygen atoms in total. The number of halogens is 1. The largest absolute Gasteiger partial charge is 0.379 e. The van der Waals surface area contributed by atoms with Crippen molar-refractivity contribution in [2.75, 3.05) is 45.9 Å². The Bertz CT molecular complexity index is 685. The Morgan fingerprint density at radius 1 is 1.22 bits per heavy atom. The first-order valence-electron chi connectivity index (χ1n) is 9.25. The zero-order valence-corrected chi connectivity index (χ0v) is 18.1. The summed E-state index contributed by atoms with van der Waals surface area (Å²) in [5, 5.41) is 6.75. The summed E-state index contributed by atoms with van der Waals surface area (Å²) in [6, 6.07) is 8.28. The van der Waals surface area contributed by atoms with Crippen molar-refractivity contribution in [3.63, 3.8) is 0 Å². The summed E-state index contributed by atoms with van der Waals surface area (Å²) in [5.41, 5.74) is 2.27. The average Bonchev–Trinajstić information content (AvgIpc) is 3.22. The summed E-state index contributed by atoms with van der Waals surface area (Å²) in [6.45, 7) is 9.08. The van der Waals surface area contributed by atoms with E-state index >= 15 is 0 Å². The van der Waals surface area contributed by atoms with Crippen LogP contribution in [0.2, 0.25) is 0 Å². The number of morpholine rings is 1. The van der Waals surface area contributed by atoms with E-state index in [-0.39, 0.29) is 24.0 Å². The molecule has 0 aliphatic carbocycles. The van der Waals surface area contributed by atoms with Crippen molar-refractivity contribution in [1.29, 1.82) is 0 Å². The molecule has 148 valence electrons. The van der Waals surface area contributed by atoms with Crippen LogP contribution in [-0.4, -0.2) is 66.3 Å². The number of imidazole rings is 1. The maximum Gasteiger partial charge on any atom is 0.191 e. The van der Waals surface area contributed by atoms with Gasteiger partial charge in [0, 0.05) is 45.1 Å². The molecule has 0 amide bonds. The number of benzene rings is 1. The molecule has 27 heavy (non-hydrogen) atoms. The predicted molar refractivity (Wildman–Crippen MR) is 119 cm³/mol. The molecule has 3 rings (SSSR count). The molecule has 0 radical (unpaired) electrons. The molecule has 1 aliphatic heterocycles. The normalized spacial score (nSPS) is 15.2. The number of aliphatic imine (C=N–C) groups is 1. The second-order valence-corrected chi connectivity index (χ2v) is 6.17. The van der Waals surface area contributed by atoms with Gasteiger partial charge in [-0.25, -0.2) is 9.98 Å². The highest BCUT2D eigenvalue weighted by atomic mass is 127. The molecule has 2 aromatic rings. The second kappa shape index (κ2) is 11.9. The first-order valence-corrected chi connectivity index (χ1v) is 9.25. The van der Waals surface area contributed by atoms with Gasteiger partial charge in [-0.1, -0.05) is 18.2 Å². The maximum absolute atomic E-state index is 5.39. The van der Waals surface area contributed by atoms with Crippen molar-refractivity contribution in [2.45, 2.75) is 13.5 Å². The summed E-state index contributed by atoms with van der Waals surface area (Å²) in [6.07, 6.45) is 5.56. The minimum absolute atomic E-state index is 0. The first-order chi connectivity index (χ1) is 12.9. The quantitative estimate of drug-likeness (QED) is 0.357. The molecule has 1 saturated heterocycles. The van der Waals surface area contributed by atoms with E-state index in [2.05, 4.69) is 39.6 Å². The summed E-state index contributed by atoms with van der Waals surface area (Å²) in [4.78, 5) is 11.3. The summed E-state index contributed by atoms with van der Waals surface area (Å²) >= 11 is 0. The van der Waals surface area contributed by atoms with Gasteiger partial charge < -0.3 is 19.9 Å². The lowest BCUT2D eigenvalue weighted by Gasteiger charge is -2.26. The van der Waals surface area contributed by atoms with Crippen LogP contribution < -0.4 is 10.6 Å². The van der Waals surface area contributed by atoms with E-state index in [1.165, 1.54) is 0 Å². The van der Waals surface area contributed by atoms with Gasteiger partial charge in [0.15, 0.2) is 5.96 Å². The van der Waals surface area contributed by atoms with Crippen molar-refractivity contribution in [1.82, 2.24) is 25.1 Å². The number of para-hydroxylation sites is 1. The molecular formula is C19H29IN6O. The predicted octanol–water partition coefficient (Wildman–Crippen LogP) is 1.88. The van der Waals surface area contributed by atoms with Crippen LogP contribution in [0.4, 0.5) is 0 Å². The Balaban J connectivity index is 0.00000261. The fourth-order valence-corrected chi connectivity index (χ4v) is 2.96. The molecule has 0 atom stereocenters. The third-order valence-electron chi connectivity index (χ3n) is 4.35. The van der Waals surface area contributed by atoms with E-state index in [0.29, 0.717) is 6.54 Å². The highest BCUT2D eigenvalue weighted by Crippen LogP contribution is 2.14. The van der Waals surface area contributed by atoms with Crippen molar-refractivity contribution in [3.8, 4) is 5.69 Å². The van der Waals surface area contributed by atoms with Crippen LogP contribution >= 0.6 is 24.0 Å². The molecule has 0 spiro atoms. The second-order valence-electron chi connectivity index (χ2n) is 6.17. The van der Waals surface area contributed by atoms with Crippen LogP contribution in [0, 0.1) is 0 Å². The third kappa shape index (κ3) is 6.78.